The van der Waals surface area contributed by atoms with E-state index >= 15 is 0 Å². The van der Waals surface area contributed by atoms with E-state index in [1.165, 1.54) is 0 Å². The van der Waals surface area contributed by atoms with Crippen LogP contribution in [0.25, 0.3) is 5.52 Å². The Hall–Kier alpha value is -1.06. The zero-order valence-electron chi connectivity index (χ0n) is 8.00. The van der Waals surface area contributed by atoms with Gasteiger partial charge < -0.3 is 10.1 Å². The molecule has 0 amide bonds. The van der Waals surface area contributed by atoms with Gasteiger partial charge in [0.1, 0.15) is 5.82 Å². The first kappa shape index (κ1) is 9.49. The molecule has 74 valence electrons. The summed E-state index contributed by atoms with van der Waals surface area (Å²) in [5, 5.41) is 0.553. The summed E-state index contributed by atoms with van der Waals surface area (Å²) in [6, 6.07) is 3.97. The summed E-state index contributed by atoms with van der Waals surface area (Å²) >= 11 is 6.01. The minimum absolute atomic E-state index is 0.527. The number of hydrogen-bond donors (Lipinski definition) is 1. The summed E-state index contributed by atoms with van der Waals surface area (Å²) in [6.45, 7) is 2.58. The highest BCUT2D eigenvalue weighted by Gasteiger charge is 2.07. The van der Waals surface area contributed by atoms with Crippen molar-refractivity contribution in [2.24, 2.45) is 5.73 Å². The molecular formula is C10H12ClN3. The van der Waals surface area contributed by atoms with E-state index in [0.717, 1.165) is 23.3 Å². The van der Waals surface area contributed by atoms with Crippen LogP contribution < -0.4 is 5.73 Å². The maximum absolute atomic E-state index is 6.01. The van der Waals surface area contributed by atoms with Crippen molar-refractivity contribution in [2.75, 3.05) is 0 Å². The monoisotopic (exact) mass is 209 g/mol. The fourth-order valence-electron chi connectivity index (χ4n) is 1.53. The van der Waals surface area contributed by atoms with Crippen LogP contribution in [0.4, 0.5) is 0 Å². The molecule has 3 nitrogen and oxygen atoms in total. The van der Waals surface area contributed by atoms with Crippen LogP contribution in [0.2, 0.25) is 5.15 Å². The minimum atomic E-state index is 0.527. The maximum Gasteiger partial charge on any atom is 0.155 e. The summed E-state index contributed by atoms with van der Waals surface area (Å²) in [4.78, 5) is 4.27. The molecule has 0 saturated heterocycles. The first-order valence-corrected chi connectivity index (χ1v) is 4.99. The van der Waals surface area contributed by atoms with Crippen molar-refractivity contribution in [1.29, 1.82) is 0 Å². The fourth-order valence-corrected chi connectivity index (χ4v) is 1.77. The number of rotatable bonds is 2. The van der Waals surface area contributed by atoms with Gasteiger partial charge in [-0.3, -0.25) is 0 Å². The minimum Gasteiger partial charge on any atom is -0.326 e. The van der Waals surface area contributed by atoms with Crippen LogP contribution >= 0.6 is 11.6 Å². The van der Waals surface area contributed by atoms with Gasteiger partial charge in [0.25, 0.3) is 0 Å². The van der Waals surface area contributed by atoms with Gasteiger partial charge in [-0.05, 0) is 17.7 Å². The molecule has 14 heavy (non-hydrogen) atoms. The largest absolute Gasteiger partial charge is 0.326 e. The number of aromatic nitrogens is 2. The van der Waals surface area contributed by atoms with E-state index in [-0.39, 0.29) is 0 Å². The van der Waals surface area contributed by atoms with Gasteiger partial charge in [-0.1, -0.05) is 18.5 Å². The molecule has 0 radical (unpaired) electrons. The number of halogens is 1. The summed E-state index contributed by atoms with van der Waals surface area (Å²) in [5.41, 5.74) is 7.57. The van der Waals surface area contributed by atoms with Crippen molar-refractivity contribution >= 4 is 17.1 Å². The molecule has 0 fully saturated rings. The molecule has 2 aromatic rings. The molecule has 0 bridgehead atoms. The van der Waals surface area contributed by atoms with E-state index in [2.05, 4.69) is 11.9 Å². The van der Waals surface area contributed by atoms with E-state index < -0.39 is 0 Å². The molecule has 0 aliphatic carbocycles. The average molecular weight is 210 g/mol. The molecule has 2 heterocycles. The Bertz CT molecular complexity index is 462. The molecule has 0 saturated carbocycles. The normalized spacial score (nSPS) is 11.1. The van der Waals surface area contributed by atoms with Gasteiger partial charge in [0.05, 0.1) is 5.52 Å². The second-order valence-electron chi connectivity index (χ2n) is 3.17. The summed E-state index contributed by atoms with van der Waals surface area (Å²) in [6.07, 6.45) is 2.84. The van der Waals surface area contributed by atoms with Crippen molar-refractivity contribution in [2.45, 2.75) is 19.9 Å². The number of imidazole rings is 1. The Balaban J connectivity index is 2.70. The second kappa shape index (κ2) is 3.59. The topological polar surface area (TPSA) is 43.3 Å². The zero-order valence-corrected chi connectivity index (χ0v) is 8.75. The lowest BCUT2D eigenvalue weighted by molar-refractivity contribution is 0.928. The van der Waals surface area contributed by atoms with Crippen LogP contribution in [-0.4, -0.2) is 9.38 Å². The van der Waals surface area contributed by atoms with E-state index in [1.807, 2.05) is 22.7 Å². The number of nitrogens with two attached hydrogens (primary N) is 1. The van der Waals surface area contributed by atoms with Crippen molar-refractivity contribution in [3.05, 3.63) is 34.9 Å². The molecule has 0 aromatic carbocycles. The molecular weight excluding hydrogens is 198 g/mol. The Morgan fingerprint density at radius 1 is 1.57 bits per heavy atom. The van der Waals surface area contributed by atoms with Crippen molar-refractivity contribution < 1.29 is 0 Å². The van der Waals surface area contributed by atoms with Gasteiger partial charge in [0.2, 0.25) is 0 Å². The quantitative estimate of drug-likeness (QED) is 0.823. The average Bonchev–Trinajstić information content (AvgIpc) is 2.55. The highest BCUT2D eigenvalue weighted by molar-refractivity contribution is 6.32. The molecule has 2 aromatic heterocycles. The van der Waals surface area contributed by atoms with E-state index in [4.69, 9.17) is 17.3 Å². The summed E-state index contributed by atoms with van der Waals surface area (Å²) < 4.78 is 2.00. The van der Waals surface area contributed by atoms with Gasteiger partial charge in [-0.2, -0.15) is 0 Å². The first-order valence-electron chi connectivity index (χ1n) is 4.61. The molecule has 4 heteroatoms. The lowest BCUT2D eigenvalue weighted by atomic mass is 10.2. The van der Waals surface area contributed by atoms with Gasteiger partial charge in [-0.25, -0.2) is 4.98 Å². The summed E-state index contributed by atoms with van der Waals surface area (Å²) in [7, 11) is 0. The Morgan fingerprint density at radius 2 is 2.36 bits per heavy atom. The van der Waals surface area contributed by atoms with Gasteiger partial charge in [-0.15, -0.1) is 0 Å². The Kier molecular flexibility index (Phi) is 2.44. The third-order valence-corrected chi connectivity index (χ3v) is 2.57. The molecule has 0 aliphatic rings. The lowest BCUT2D eigenvalue weighted by Crippen LogP contribution is -1.98. The molecule has 0 atom stereocenters. The highest BCUT2D eigenvalue weighted by atomic mass is 35.5. The van der Waals surface area contributed by atoms with E-state index in [9.17, 15) is 0 Å². The summed E-state index contributed by atoms with van der Waals surface area (Å²) in [5.74, 6) is 0.980. The van der Waals surface area contributed by atoms with Gasteiger partial charge in [0, 0.05) is 19.2 Å². The third kappa shape index (κ3) is 1.38. The van der Waals surface area contributed by atoms with Crippen LogP contribution in [0, 0.1) is 0 Å². The van der Waals surface area contributed by atoms with Crippen LogP contribution in [0.1, 0.15) is 18.3 Å². The highest BCUT2D eigenvalue weighted by Crippen LogP contribution is 2.19. The predicted octanol–water partition coefficient (Wildman–Crippen LogP) is 2.01. The smallest absolute Gasteiger partial charge is 0.155 e. The Morgan fingerprint density at radius 3 is 3.00 bits per heavy atom. The van der Waals surface area contributed by atoms with Crippen molar-refractivity contribution in [3.63, 3.8) is 0 Å². The standard InChI is InChI=1S/C10H12ClN3/c1-2-9-13-10(11)8-5-7(6-12)3-4-14(8)9/h3-5H,2,6,12H2,1H3. The van der Waals surface area contributed by atoms with Crippen molar-refractivity contribution in [1.82, 2.24) is 9.38 Å². The zero-order chi connectivity index (χ0) is 10.1. The van der Waals surface area contributed by atoms with Gasteiger partial charge in [0.15, 0.2) is 5.15 Å². The van der Waals surface area contributed by atoms with E-state index in [1.54, 1.807) is 0 Å². The molecule has 2 N–H and O–H groups in total. The first-order chi connectivity index (χ1) is 6.76. The molecule has 0 spiro atoms. The van der Waals surface area contributed by atoms with Crippen LogP contribution in [0.3, 0.4) is 0 Å². The van der Waals surface area contributed by atoms with Crippen LogP contribution in [-0.2, 0) is 13.0 Å². The second-order valence-corrected chi connectivity index (χ2v) is 3.52. The number of aryl methyl sites for hydroxylation is 1. The van der Waals surface area contributed by atoms with Gasteiger partial charge >= 0.3 is 0 Å². The SMILES string of the molecule is CCc1nc(Cl)c2cc(CN)ccn12. The number of pyridine rings is 1. The number of fused-ring (bicyclic) bond motifs is 1. The van der Waals surface area contributed by atoms with Crippen LogP contribution in [0.5, 0.6) is 0 Å². The fraction of sp³-hybridized carbons (Fsp3) is 0.300. The Labute approximate surface area is 87.5 Å². The molecule has 0 aliphatic heterocycles. The van der Waals surface area contributed by atoms with Crippen LogP contribution in [0.15, 0.2) is 18.3 Å². The lowest BCUT2D eigenvalue weighted by Gasteiger charge is -2.00. The van der Waals surface area contributed by atoms with Crippen molar-refractivity contribution in [3.8, 4) is 0 Å². The van der Waals surface area contributed by atoms with E-state index in [0.29, 0.717) is 11.7 Å². The predicted molar refractivity (Wildman–Crippen MR) is 57.5 cm³/mol. The maximum atomic E-state index is 6.01. The number of hydrogen-bond acceptors (Lipinski definition) is 2. The molecule has 0 unspecified atom stereocenters. The number of nitrogens with zero attached hydrogens (tertiary/aromatic N) is 2. The third-order valence-electron chi connectivity index (χ3n) is 2.29. The molecule has 2 rings (SSSR count).